The zero-order chi connectivity index (χ0) is 14.5. The highest BCUT2D eigenvalue weighted by Crippen LogP contribution is 2.27. The minimum Gasteiger partial charge on any atom is -0.310 e. The van der Waals surface area contributed by atoms with Crippen LogP contribution in [0.5, 0.6) is 0 Å². The highest BCUT2D eigenvalue weighted by Gasteiger charge is 2.22. The Morgan fingerprint density at radius 3 is 2.95 bits per heavy atom. The van der Waals surface area contributed by atoms with E-state index in [0.717, 1.165) is 18.8 Å². The molecule has 0 spiro atoms. The molecule has 1 aliphatic rings. The Balaban J connectivity index is 1.97. The minimum absolute atomic E-state index is 0.356. The predicted molar refractivity (Wildman–Crippen MR) is 75.9 cm³/mol. The molecule has 1 aromatic carbocycles. The summed E-state index contributed by atoms with van der Waals surface area (Å²) in [5.74, 6) is 0.0315. The van der Waals surface area contributed by atoms with Gasteiger partial charge in [0, 0.05) is 24.2 Å². The van der Waals surface area contributed by atoms with Gasteiger partial charge in [0.15, 0.2) is 0 Å². The van der Waals surface area contributed by atoms with E-state index >= 15 is 0 Å². The summed E-state index contributed by atoms with van der Waals surface area (Å²) in [5, 5.41) is 14.1. The molecule has 0 bridgehead atoms. The molecule has 0 aromatic heterocycles. The number of halogens is 1. The third kappa shape index (κ3) is 3.54. The normalized spacial score (nSPS) is 22.7. The summed E-state index contributed by atoms with van der Waals surface area (Å²) in [6.45, 7) is 2.56. The fraction of sp³-hybridized carbons (Fsp3) is 0.600. The molecule has 1 fully saturated rings. The van der Waals surface area contributed by atoms with Gasteiger partial charge < -0.3 is 5.32 Å². The summed E-state index contributed by atoms with van der Waals surface area (Å²) in [4.78, 5) is 10.0. The van der Waals surface area contributed by atoms with Crippen molar-refractivity contribution in [1.29, 1.82) is 0 Å². The second-order valence-electron chi connectivity index (χ2n) is 5.53. The van der Waals surface area contributed by atoms with Gasteiger partial charge in [-0.2, -0.15) is 4.39 Å². The Kier molecular flexibility index (Phi) is 5.06. The third-order valence-corrected chi connectivity index (χ3v) is 4.20. The van der Waals surface area contributed by atoms with Gasteiger partial charge in [0.2, 0.25) is 5.82 Å². The van der Waals surface area contributed by atoms with Crippen molar-refractivity contribution in [3.8, 4) is 0 Å². The van der Waals surface area contributed by atoms with Crippen molar-refractivity contribution in [2.75, 3.05) is 0 Å². The van der Waals surface area contributed by atoms with E-state index < -0.39 is 16.4 Å². The van der Waals surface area contributed by atoms with Crippen LogP contribution in [0.15, 0.2) is 18.2 Å². The second-order valence-corrected chi connectivity index (χ2v) is 5.53. The molecule has 1 saturated carbocycles. The first-order valence-electron chi connectivity index (χ1n) is 7.27. The lowest BCUT2D eigenvalue weighted by atomic mass is 9.84. The van der Waals surface area contributed by atoms with Crippen LogP contribution in [0.3, 0.4) is 0 Å². The average Bonchev–Trinajstić information content (AvgIpc) is 2.46. The van der Waals surface area contributed by atoms with E-state index in [9.17, 15) is 14.5 Å². The molecule has 1 N–H and O–H groups in total. The Bertz CT molecular complexity index is 479. The van der Waals surface area contributed by atoms with E-state index in [1.165, 1.54) is 31.4 Å². The number of nitro benzene ring substituents is 1. The summed E-state index contributed by atoms with van der Waals surface area (Å²) in [7, 11) is 0. The smallest absolute Gasteiger partial charge is 0.305 e. The number of rotatable bonds is 5. The van der Waals surface area contributed by atoms with Gasteiger partial charge in [-0.05, 0) is 18.8 Å². The van der Waals surface area contributed by atoms with Crippen molar-refractivity contribution in [2.45, 2.75) is 51.6 Å². The van der Waals surface area contributed by atoms with Crippen molar-refractivity contribution in [3.05, 3.63) is 39.7 Å². The van der Waals surface area contributed by atoms with Gasteiger partial charge in [-0.25, -0.2) is 0 Å². The molecule has 0 aliphatic heterocycles. The van der Waals surface area contributed by atoms with Gasteiger partial charge in [-0.3, -0.25) is 10.1 Å². The van der Waals surface area contributed by atoms with Gasteiger partial charge in [0.1, 0.15) is 0 Å². The first kappa shape index (κ1) is 14.9. The van der Waals surface area contributed by atoms with E-state index in [-0.39, 0.29) is 0 Å². The number of hydrogen-bond donors (Lipinski definition) is 1. The number of nitrogens with one attached hydrogen (secondary N) is 1. The molecule has 1 aromatic rings. The van der Waals surface area contributed by atoms with Crippen molar-refractivity contribution in [1.82, 2.24) is 5.32 Å². The molecule has 2 atom stereocenters. The molecular formula is C15H21FN2O2. The fourth-order valence-electron chi connectivity index (χ4n) is 2.95. The maximum atomic E-state index is 13.9. The Labute approximate surface area is 118 Å². The zero-order valence-electron chi connectivity index (χ0n) is 11.8. The largest absolute Gasteiger partial charge is 0.310 e. The molecule has 20 heavy (non-hydrogen) atoms. The molecular weight excluding hydrogens is 259 g/mol. The van der Waals surface area contributed by atoms with Crippen LogP contribution in [0, 0.1) is 21.8 Å². The van der Waals surface area contributed by atoms with Crippen LogP contribution in [-0.4, -0.2) is 11.0 Å². The molecule has 0 radical (unpaired) electrons. The lowest BCUT2D eigenvalue weighted by Gasteiger charge is -2.29. The van der Waals surface area contributed by atoms with E-state index in [2.05, 4.69) is 12.2 Å². The summed E-state index contributed by atoms with van der Waals surface area (Å²) in [5.41, 5.74) is -0.0720. The van der Waals surface area contributed by atoms with Crippen molar-refractivity contribution in [2.24, 2.45) is 5.92 Å². The maximum absolute atomic E-state index is 13.9. The first-order chi connectivity index (χ1) is 9.61. The van der Waals surface area contributed by atoms with E-state index in [0.29, 0.717) is 18.2 Å². The fourth-order valence-corrected chi connectivity index (χ4v) is 2.95. The molecule has 0 amide bonds. The topological polar surface area (TPSA) is 55.2 Å². The summed E-state index contributed by atoms with van der Waals surface area (Å²) >= 11 is 0. The Morgan fingerprint density at radius 2 is 2.25 bits per heavy atom. The minimum atomic E-state index is -0.715. The van der Waals surface area contributed by atoms with Gasteiger partial charge >= 0.3 is 5.69 Å². The van der Waals surface area contributed by atoms with Crippen LogP contribution in [0.4, 0.5) is 10.1 Å². The quantitative estimate of drug-likeness (QED) is 0.659. The molecule has 0 saturated heterocycles. The van der Waals surface area contributed by atoms with Crippen LogP contribution < -0.4 is 5.32 Å². The SMILES string of the molecule is CCC1CCCC(NCc2cccc([N+](=O)[O-])c2F)C1. The van der Waals surface area contributed by atoms with Crippen molar-refractivity contribution >= 4 is 5.69 Å². The zero-order valence-corrected chi connectivity index (χ0v) is 11.8. The lowest BCUT2D eigenvalue weighted by molar-refractivity contribution is -0.387. The van der Waals surface area contributed by atoms with E-state index in [1.54, 1.807) is 6.07 Å². The summed E-state index contributed by atoms with van der Waals surface area (Å²) in [6, 6.07) is 4.74. The monoisotopic (exact) mass is 280 g/mol. The predicted octanol–water partition coefficient (Wildman–Crippen LogP) is 3.79. The molecule has 0 heterocycles. The van der Waals surface area contributed by atoms with Crippen molar-refractivity contribution in [3.63, 3.8) is 0 Å². The molecule has 5 heteroatoms. The molecule has 4 nitrogen and oxygen atoms in total. The van der Waals surface area contributed by atoms with Crippen LogP contribution >= 0.6 is 0 Å². The Hall–Kier alpha value is -1.49. The van der Waals surface area contributed by atoms with Gasteiger partial charge in [0.25, 0.3) is 0 Å². The van der Waals surface area contributed by atoms with Crippen LogP contribution in [0.25, 0.3) is 0 Å². The maximum Gasteiger partial charge on any atom is 0.305 e. The summed E-state index contributed by atoms with van der Waals surface area (Å²) < 4.78 is 13.9. The van der Waals surface area contributed by atoms with Gasteiger partial charge in [-0.15, -0.1) is 0 Å². The molecule has 1 aliphatic carbocycles. The van der Waals surface area contributed by atoms with E-state index in [1.807, 2.05) is 0 Å². The third-order valence-electron chi connectivity index (χ3n) is 4.20. The van der Waals surface area contributed by atoms with Gasteiger partial charge in [-0.1, -0.05) is 38.3 Å². The standard InChI is InChI=1S/C15H21FN2O2/c1-2-11-5-3-7-13(9-11)17-10-12-6-4-8-14(15(12)16)18(19)20/h4,6,8,11,13,17H,2-3,5,7,9-10H2,1H3. The molecule has 110 valence electrons. The number of hydrogen-bond acceptors (Lipinski definition) is 3. The number of nitrogens with zero attached hydrogens (tertiary/aromatic N) is 1. The highest BCUT2D eigenvalue weighted by atomic mass is 19.1. The lowest BCUT2D eigenvalue weighted by Crippen LogP contribution is -2.33. The van der Waals surface area contributed by atoms with Crippen LogP contribution in [-0.2, 0) is 6.54 Å². The number of nitro groups is 1. The number of benzene rings is 1. The van der Waals surface area contributed by atoms with Crippen LogP contribution in [0.2, 0.25) is 0 Å². The molecule has 2 rings (SSSR count). The van der Waals surface area contributed by atoms with Crippen LogP contribution in [0.1, 0.15) is 44.6 Å². The second kappa shape index (κ2) is 6.79. The van der Waals surface area contributed by atoms with Crippen molar-refractivity contribution < 1.29 is 9.31 Å². The highest BCUT2D eigenvalue weighted by molar-refractivity contribution is 5.36. The van der Waals surface area contributed by atoms with Gasteiger partial charge in [0.05, 0.1) is 4.92 Å². The summed E-state index contributed by atoms with van der Waals surface area (Å²) in [6.07, 6.45) is 5.89. The van der Waals surface area contributed by atoms with E-state index in [4.69, 9.17) is 0 Å². The average molecular weight is 280 g/mol. The first-order valence-corrected chi connectivity index (χ1v) is 7.27. The molecule has 2 unspecified atom stereocenters. The Morgan fingerprint density at radius 1 is 1.45 bits per heavy atom.